The van der Waals surface area contributed by atoms with Gasteiger partial charge in [-0.3, -0.25) is 20.3 Å². The van der Waals surface area contributed by atoms with E-state index in [9.17, 15) is 18.4 Å². The van der Waals surface area contributed by atoms with Gasteiger partial charge >= 0.3 is 0 Å². The molecule has 2 heterocycles. The molecule has 1 saturated carbocycles. The Balaban J connectivity index is 1.75. The molecule has 1 fully saturated rings. The van der Waals surface area contributed by atoms with Crippen molar-refractivity contribution in [1.82, 2.24) is 9.55 Å². The third-order valence-corrected chi connectivity index (χ3v) is 6.82. The number of pyridine rings is 1. The Kier molecular flexibility index (Phi) is 8.09. The third kappa shape index (κ3) is 6.54. The Hall–Kier alpha value is -3.81. The average molecular weight is 557 g/mol. The minimum absolute atomic E-state index is 0.0922. The first-order valence-electron chi connectivity index (χ1n) is 11.6. The number of benzene rings is 1. The van der Waals surface area contributed by atoms with Gasteiger partial charge in [-0.1, -0.05) is 47.4 Å². The second-order valence-electron chi connectivity index (χ2n) is 8.77. The summed E-state index contributed by atoms with van der Waals surface area (Å²) >= 11 is 7.57. The van der Waals surface area contributed by atoms with Crippen molar-refractivity contribution in [2.45, 2.75) is 39.7 Å². The molecular weight excluding hydrogens is 534 g/mol. The number of allylic oxidation sites excluding steroid dienone is 1. The Morgan fingerprint density at radius 3 is 2.76 bits per heavy atom. The maximum atomic E-state index is 13.5. The van der Waals surface area contributed by atoms with Crippen LogP contribution in [0.15, 0.2) is 47.6 Å². The molecule has 0 radical (unpaired) electrons. The lowest BCUT2D eigenvalue weighted by Gasteiger charge is -2.15. The third-order valence-electron chi connectivity index (χ3n) is 5.50. The molecule has 0 saturated heterocycles. The summed E-state index contributed by atoms with van der Waals surface area (Å²) in [4.78, 5) is 31.4. The van der Waals surface area contributed by atoms with Gasteiger partial charge in [0.2, 0.25) is 5.90 Å². The number of aryl methyl sites for hydroxylation is 1. The average Bonchev–Trinajstić information content (AvgIpc) is 3.60. The van der Waals surface area contributed by atoms with Crippen LogP contribution in [-0.2, 0) is 11.3 Å². The van der Waals surface area contributed by atoms with Crippen molar-refractivity contribution in [3.63, 3.8) is 0 Å². The summed E-state index contributed by atoms with van der Waals surface area (Å²) in [6, 6.07) is 4.73. The van der Waals surface area contributed by atoms with Crippen LogP contribution < -0.4 is 10.9 Å². The molecule has 4 rings (SSSR count). The predicted molar refractivity (Wildman–Crippen MR) is 144 cm³/mol. The zero-order chi connectivity index (χ0) is 27.6. The molecule has 0 aliphatic heterocycles. The second-order valence-corrected chi connectivity index (χ2v) is 10.2. The van der Waals surface area contributed by atoms with Crippen LogP contribution in [0.4, 0.5) is 13.9 Å². The van der Waals surface area contributed by atoms with E-state index in [0.29, 0.717) is 11.6 Å². The normalized spacial score (nSPS) is 12.6. The highest BCUT2D eigenvalue weighted by Crippen LogP contribution is 2.34. The molecule has 1 aliphatic carbocycles. The number of hydrogen-bond donors (Lipinski definition) is 2. The minimum atomic E-state index is -2.78. The fourth-order valence-electron chi connectivity index (χ4n) is 3.51. The first-order chi connectivity index (χ1) is 18.0. The van der Waals surface area contributed by atoms with Crippen molar-refractivity contribution < 1.29 is 18.3 Å². The van der Waals surface area contributed by atoms with E-state index in [-0.39, 0.29) is 50.6 Å². The largest absolute Gasteiger partial charge is 0.447 e. The molecular formula is C27H23ClF2N4O3S. The van der Waals surface area contributed by atoms with Crippen LogP contribution in [0.25, 0.3) is 11.1 Å². The van der Waals surface area contributed by atoms with Crippen molar-refractivity contribution in [1.29, 1.82) is 5.41 Å². The summed E-state index contributed by atoms with van der Waals surface area (Å²) in [6.45, 7) is 6.62. The number of nitrogens with one attached hydrogen (secondary N) is 2. The van der Waals surface area contributed by atoms with Gasteiger partial charge in [-0.15, -0.1) is 0 Å². The summed E-state index contributed by atoms with van der Waals surface area (Å²) in [5.41, 5.74) is -0.0901. The molecule has 1 aliphatic rings. The Labute approximate surface area is 226 Å². The molecule has 196 valence electrons. The summed E-state index contributed by atoms with van der Waals surface area (Å²) in [5.74, 6) is 5.97. The summed E-state index contributed by atoms with van der Waals surface area (Å²) in [7, 11) is 0. The number of anilines is 1. The van der Waals surface area contributed by atoms with Crippen molar-refractivity contribution in [3.8, 4) is 23.0 Å². The van der Waals surface area contributed by atoms with E-state index < -0.39 is 17.9 Å². The number of aromatic nitrogens is 2. The van der Waals surface area contributed by atoms with E-state index in [1.165, 1.54) is 35.7 Å². The van der Waals surface area contributed by atoms with Gasteiger partial charge in [0, 0.05) is 39.9 Å². The van der Waals surface area contributed by atoms with Crippen LogP contribution in [0.3, 0.4) is 0 Å². The molecule has 0 bridgehead atoms. The molecule has 3 aromatic rings. The number of ether oxygens (including phenoxy) is 1. The summed E-state index contributed by atoms with van der Waals surface area (Å²) in [6.07, 6.45) is 0.678. The van der Waals surface area contributed by atoms with E-state index in [1.54, 1.807) is 13.8 Å². The van der Waals surface area contributed by atoms with E-state index >= 15 is 0 Å². The van der Waals surface area contributed by atoms with Crippen LogP contribution >= 0.6 is 22.9 Å². The van der Waals surface area contributed by atoms with Crippen LogP contribution in [0, 0.1) is 30.1 Å². The highest BCUT2D eigenvalue weighted by molar-refractivity contribution is 7.16. The number of nitrogens with zero attached hydrogens (tertiary/aromatic N) is 2. The molecule has 0 unspecified atom stereocenters. The van der Waals surface area contributed by atoms with Crippen LogP contribution in [0.5, 0.6) is 0 Å². The lowest BCUT2D eigenvalue weighted by Crippen LogP contribution is -2.27. The molecule has 0 spiro atoms. The van der Waals surface area contributed by atoms with E-state index in [0.717, 1.165) is 28.4 Å². The summed E-state index contributed by atoms with van der Waals surface area (Å²) < 4.78 is 33.2. The van der Waals surface area contributed by atoms with E-state index in [2.05, 4.69) is 28.7 Å². The number of carbonyl (C=O) groups is 1. The number of alkyl halides is 2. The molecule has 2 N–H and O–H groups in total. The zero-order valence-electron chi connectivity index (χ0n) is 20.5. The topological polar surface area (TPSA) is 97.1 Å². The highest BCUT2D eigenvalue weighted by atomic mass is 35.5. The van der Waals surface area contributed by atoms with E-state index in [4.69, 9.17) is 21.7 Å². The number of amides is 1. The Morgan fingerprint density at radius 1 is 1.37 bits per heavy atom. The Bertz CT molecular complexity index is 1560. The predicted octanol–water partition coefficient (Wildman–Crippen LogP) is 6.41. The summed E-state index contributed by atoms with van der Waals surface area (Å²) in [5, 5.41) is 11.0. The second kappa shape index (κ2) is 11.3. The standard InChI is InChI=1S/C27H23ClF2N4O3S/c1-14(2)37-23(31)13-34-12-20(18-10-17(25(29)30)7-8-21(18)28)19(11-24(34)35)26(36)33-27-32-15(3)22(38-27)9-6-16-4-5-16/h7-8,10-12,16,25,31H,1,4-5,13H2,2-3H3,(H,32,33,36). The monoisotopic (exact) mass is 556 g/mol. The van der Waals surface area contributed by atoms with Crippen molar-refractivity contribution >= 4 is 39.9 Å². The van der Waals surface area contributed by atoms with Crippen molar-refractivity contribution in [3.05, 3.63) is 79.9 Å². The van der Waals surface area contributed by atoms with Gasteiger partial charge < -0.3 is 9.30 Å². The first-order valence-corrected chi connectivity index (χ1v) is 12.7. The highest BCUT2D eigenvalue weighted by Gasteiger charge is 2.22. The molecule has 38 heavy (non-hydrogen) atoms. The molecule has 7 nitrogen and oxygen atoms in total. The van der Waals surface area contributed by atoms with Gasteiger partial charge in [0.05, 0.1) is 17.0 Å². The zero-order valence-corrected chi connectivity index (χ0v) is 22.1. The molecule has 1 aromatic carbocycles. The minimum Gasteiger partial charge on any atom is -0.447 e. The molecule has 0 atom stereocenters. The smallest absolute Gasteiger partial charge is 0.263 e. The van der Waals surface area contributed by atoms with Crippen molar-refractivity contribution in [2.75, 3.05) is 5.32 Å². The number of rotatable bonds is 7. The van der Waals surface area contributed by atoms with Gasteiger partial charge in [-0.2, -0.15) is 0 Å². The van der Waals surface area contributed by atoms with Crippen LogP contribution in [0.1, 0.15) is 52.7 Å². The SMILES string of the molecule is C=C(C)OC(=N)Cn1cc(-c2cc(C(F)F)ccc2Cl)c(C(=O)Nc2nc(C)c(C#CC3CC3)s2)cc1=O. The quantitative estimate of drug-likeness (QED) is 0.152. The molecule has 1 amide bonds. The van der Waals surface area contributed by atoms with Gasteiger partial charge in [0.1, 0.15) is 11.4 Å². The van der Waals surface area contributed by atoms with Gasteiger partial charge in [0.25, 0.3) is 17.9 Å². The Morgan fingerprint density at radius 2 is 2.11 bits per heavy atom. The lowest BCUT2D eigenvalue weighted by molar-refractivity contribution is 0.102. The van der Waals surface area contributed by atoms with Crippen LogP contribution in [0.2, 0.25) is 5.02 Å². The number of carbonyl (C=O) groups excluding carboxylic acids is 1. The van der Waals surface area contributed by atoms with Gasteiger partial charge in [-0.05, 0) is 38.8 Å². The van der Waals surface area contributed by atoms with Crippen LogP contribution in [-0.4, -0.2) is 21.4 Å². The number of hydrogen-bond acceptors (Lipinski definition) is 6. The number of halogens is 3. The maximum absolute atomic E-state index is 13.5. The fourth-order valence-corrected chi connectivity index (χ4v) is 4.55. The molecule has 2 aromatic heterocycles. The van der Waals surface area contributed by atoms with Gasteiger partial charge in [-0.25, -0.2) is 13.8 Å². The molecule has 11 heteroatoms. The van der Waals surface area contributed by atoms with Gasteiger partial charge in [0.15, 0.2) is 5.13 Å². The fraction of sp³-hybridized carbons (Fsp3) is 0.259. The lowest BCUT2D eigenvalue weighted by atomic mass is 9.99. The first kappa shape index (κ1) is 27.2. The number of thiazole rings is 1. The van der Waals surface area contributed by atoms with Crippen molar-refractivity contribution in [2.24, 2.45) is 5.92 Å². The van der Waals surface area contributed by atoms with E-state index in [1.807, 2.05) is 0 Å². The maximum Gasteiger partial charge on any atom is 0.263 e.